The molecule has 0 aromatic heterocycles. The number of methoxy groups -OCH3 is 2. The van der Waals surface area contributed by atoms with Gasteiger partial charge in [0.15, 0.2) is 0 Å². The Morgan fingerprint density at radius 2 is 1.83 bits per heavy atom. The van der Waals surface area contributed by atoms with Crippen LogP contribution in [0.5, 0.6) is 5.75 Å². The molecule has 1 N–H and O–H groups in total. The molecule has 18 heavy (non-hydrogen) atoms. The summed E-state index contributed by atoms with van der Waals surface area (Å²) in [7, 11) is 3.51. The number of hydrogen-bond acceptors (Lipinski definition) is 3. The fourth-order valence-electron chi connectivity index (χ4n) is 2.59. The van der Waals surface area contributed by atoms with Gasteiger partial charge in [-0.2, -0.15) is 0 Å². The van der Waals surface area contributed by atoms with Gasteiger partial charge in [-0.3, -0.25) is 0 Å². The molecule has 0 bridgehead atoms. The molecule has 0 heterocycles. The van der Waals surface area contributed by atoms with Gasteiger partial charge in [-0.1, -0.05) is 0 Å². The maximum atomic E-state index is 5.40. The Morgan fingerprint density at radius 1 is 1.11 bits per heavy atom. The topological polar surface area (TPSA) is 30.5 Å². The van der Waals surface area contributed by atoms with Crippen molar-refractivity contribution in [3.05, 3.63) is 23.8 Å². The van der Waals surface area contributed by atoms with Gasteiger partial charge in [0.2, 0.25) is 0 Å². The van der Waals surface area contributed by atoms with Gasteiger partial charge in [0.25, 0.3) is 0 Å². The first-order valence-corrected chi connectivity index (χ1v) is 6.67. The summed E-state index contributed by atoms with van der Waals surface area (Å²) in [6.07, 6.45) is 5.14. The minimum Gasteiger partial charge on any atom is -0.497 e. The molecule has 1 fully saturated rings. The van der Waals surface area contributed by atoms with Crippen LogP contribution >= 0.6 is 0 Å². The van der Waals surface area contributed by atoms with Crippen molar-refractivity contribution in [1.29, 1.82) is 0 Å². The van der Waals surface area contributed by atoms with Crippen LogP contribution in [-0.4, -0.2) is 26.4 Å². The molecular weight excluding hydrogens is 226 g/mol. The predicted molar refractivity (Wildman–Crippen MR) is 74.4 cm³/mol. The quantitative estimate of drug-likeness (QED) is 0.887. The number of rotatable bonds is 4. The molecule has 1 saturated carbocycles. The highest BCUT2D eigenvalue weighted by molar-refractivity contribution is 5.54. The first-order valence-electron chi connectivity index (χ1n) is 6.67. The summed E-state index contributed by atoms with van der Waals surface area (Å²) in [5.74, 6) is 0.918. The fourth-order valence-corrected chi connectivity index (χ4v) is 2.59. The summed E-state index contributed by atoms with van der Waals surface area (Å²) in [6, 6.07) is 6.76. The number of aryl methyl sites for hydroxylation is 1. The molecule has 1 aliphatic carbocycles. The van der Waals surface area contributed by atoms with Crippen molar-refractivity contribution in [2.24, 2.45) is 0 Å². The van der Waals surface area contributed by atoms with Crippen LogP contribution in [0.4, 0.5) is 5.69 Å². The third kappa shape index (κ3) is 3.16. The second-order valence-electron chi connectivity index (χ2n) is 5.03. The van der Waals surface area contributed by atoms with Crippen LogP contribution < -0.4 is 10.1 Å². The van der Waals surface area contributed by atoms with Crippen molar-refractivity contribution >= 4 is 5.69 Å². The zero-order valence-corrected chi connectivity index (χ0v) is 11.5. The number of benzene rings is 1. The van der Waals surface area contributed by atoms with Crippen LogP contribution in [0, 0.1) is 6.92 Å². The van der Waals surface area contributed by atoms with Crippen molar-refractivity contribution in [3.8, 4) is 5.75 Å². The van der Waals surface area contributed by atoms with E-state index in [-0.39, 0.29) is 0 Å². The van der Waals surface area contributed by atoms with E-state index in [1.54, 1.807) is 7.11 Å². The molecule has 1 aromatic carbocycles. The molecule has 1 aliphatic rings. The Morgan fingerprint density at radius 3 is 2.39 bits per heavy atom. The number of hydrogen-bond donors (Lipinski definition) is 1. The van der Waals surface area contributed by atoms with E-state index in [4.69, 9.17) is 9.47 Å². The standard InChI is InChI=1S/C15H23NO2/c1-11-10-14(18-3)8-9-15(11)16-12-4-6-13(17-2)7-5-12/h8-10,12-13,16H,4-7H2,1-3H3. The molecule has 0 atom stereocenters. The lowest BCUT2D eigenvalue weighted by Gasteiger charge is -2.29. The number of ether oxygens (including phenoxy) is 2. The molecule has 0 saturated heterocycles. The van der Waals surface area contributed by atoms with E-state index in [0.29, 0.717) is 12.1 Å². The highest BCUT2D eigenvalue weighted by Gasteiger charge is 2.20. The van der Waals surface area contributed by atoms with Crippen LogP contribution in [0.1, 0.15) is 31.2 Å². The van der Waals surface area contributed by atoms with Gasteiger partial charge in [0.05, 0.1) is 13.2 Å². The van der Waals surface area contributed by atoms with Gasteiger partial charge in [-0.05, 0) is 56.4 Å². The van der Waals surface area contributed by atoms with E-state index in [1.807, 2.05) is 13.2 Å². The fraction of sp³-hybridized carbons (Fsp3) is 0.600. The molecule has 3 heteroatoms. The van der Waals surface area contributed by atoms with E-state index in [9.17, 15) is 0 Å². The Kier molecular flexibility index (Phi) is 4.48. The van der Waals surface area contributed by atoms with Crippen LogP contribution in [0.3, 0.4) is 0 Å². The van der Waals surface area contributed by atoms with Crippen LogP contribution in [-0.2, 0) is 4.74 Å². The zero-order valence-electron chi connectivity index (χ0n) is 11.5. The van der Waals surface area contributed by atoms with Crippen LogP contribution in [0.25, 0.3) is 0 Å². The molecule has 0 unspecified atom stereocenters. The van der Waals surface area contributed by atoms with Crippen molar-refractivity contribution < 1.29 is 9.47 Å². The molecule has 0 radical (unpaired) electrons. The van der Waals surface area contributed by atoms with E-state index >= 15 is 0 Å². The minimum atomic E-state index is 0.458. The molecule has 1 aromatic rings. The van der Waals surface area contributed by atoms with E-state index in [1.165, 1.54) is 24.1 Å². The van der Waals surface area contributed by atoms with E-state index in [0.717, 1.165) is 18.6 Å². The van der Waals surface area contributed by atoms with Gasteiger partial charge in [-0.25, -0.2) is 0 Å². The first-order chi connectivity index (χ1) is 8.72. The first kappa shape index (κ1) is 13.2. The lowest BCUT2D eigenvalue weighted by Crippen LogP contribution is -2.29. The summed E-state index contributed by atoms with van der Waals surface area (Å²) >= 11 is 0. The molecule has 2 rings (SSSR count). The van der Waals surface area contributed by atoms with Crippen molar-refractivity contribution in [2.45, 2.75) is 44.8 Å². The van der Waals surface area contributed by atoms with E-state index < -0.39 is 0 Å². The average molecular weight is 249 g/mol. The summed E-state index contributed by atoms with van der Waals surface area (Å²) in [4.78, 5) is 0. The SMILES string of the molecule is COc1ccc(NC2CCC(OC)CC2)c(C)c1. The van der Waals surface area contributed by atoms with Gasteiger partial charge in [-0.15, -0.1) is 0 Å². The molecule has 0 amide bonds. The monoisotopic (exact) mass is 249 g/mol. The minimum absolute atomic E-state index is 0.458. The second kappa shape index (κ2) is 6.10. The van der Waals surface area contributed by atoms with E-state index in [2.05, 4.69) is 24.4 Å². The Hall–Kier alpha value is -1.22. The number of anilines is 1. The summed E-state index contributed by atoms with van der Waals surface area (Å²) in [5, 5.41) is 3.63. The van der Waals surface area contributed by atoms with Crippen molar-refractivity contribution in [2.75, 3.05) is 19.5 Å². The highest BCUT2D eigenvalue weighted by atomic mass is 16.5. The van der Waals surface area contributed by atoms with Gasteiger partial charge in [0, 0.05) is 18.8 Å². The Balaban J connectivity index is 1.94. The largest absolute Gasteiger partial charge is 0.497 e. The highest BCUT2D eigenvalue weighted by Crippen LogP contribution is 2.27. The summed E-state index contributed by atoms with van der Waals surface area (Å²) < 4.78 is 10.6. The zero-order chi connectivity index (χ0) is 13.0. The second-order valence-corrected chi connectivity index (χ2v) is 5.03. The van der Waals surface area contributed by atoms with Gasteiger partial charge < -0.3 is 14.8 Å². The smallest absolute Gasteiger partial charge is 0.119 e. The Labute approximate surface area is 109 Å². The summed E-state index contributed by atoms with van der Waals surface area (Å²) in [6.45, 7) is 2.12. The summed E-state index contributed by atoms with van der Waals surface area (Å²) in [5.41, 5.74) is 2.46. The predicted octanol–water partition coefficient (Wildman–Crippen LogP) is 3.37. The number of nitrogens with one attached hydrogen (secondary N) is 1. The maximum Gasteiger partial charge on any atom is 0.119 e. The van der Waals surface area contributed by atoms with Gasteiger partial charge in [0.1, 0.15) is 5.75 Å². The molecule has 0 spiro atoms. The third-order valence-electron chi connectivity index (χ3n) is 3.80. The lowest BCUT2D eigenvalue weighted by atomic mass is 9.92. The molecule has 3 nitrogen and oxygen atoms in total. The van der Waals surface area contributed by atoms with Gasteiger partial charge >= 0.3 is 0 Å². The third-order valence-corrected chi connectivity index (χ3v) is 3.80. The van der Waals surface area contributed by atoms with Crippen LogP contribution in [0.15, 0.2) is 18.2 Å². The molecule has 100 valence electrons. The molecular formula is C15H23NO2. The van der Waals surface area contributed by atoms with Crippen molar-refractivity contribution in [1.82, 2.24) is 0 Å². The average Bonchev–Trinajstić information content (AvgIpc) is 2.42. The normalized spacial score (nSPS) is 23.7. The van der Waals surface area contributed by atoms with Crippen LogP contribution in [0.2, 0.25) is 0 Å². The maximum absolute atomic E-state index is 5.40. The lowest BCUT2D eigenvalue weighted by molar-refractivity contribution is 0.0682. The molecule has 0 aliphatic heterocycles. The van der Waals surface area contributed by atoms with Crippen molar-refractivity contribution in [3.63, 3.8) is 0 Å². The Bertz CT molecular complexity index is 384.